The summed E-state index contributed by atoms with van der Waals surface area (Å²) in [6.07, 6.45) is 5.12. The van der Waals surface area contributed by atoms with Gasteiger partial charge in [-0.1, -0.05) is 5.92 Å². The van der Waals surface area contributed by atoms with E-state index in [9.17, 15) is 4.79 Å². The maximum absolute atomic E-state index is 11.0. The van der Waals surface area contributed by atoms with Gasteiger partial charge in [-0.25, -0.2) is 0 Å². The van der Waals surface area contributed by atoms with Crippen molar-refractivity contribution in [1.82, 2.24) is 4.90 Å². The molecule has 0 aliphatic heterocycles. The van der Waals surface area contributed by atoms with Gasteiger partial charge in [0.1, 0.15) is 0 Å². The van der Waals surface area contributed by atoms with E-state index in [-0.39, 0.29) is 11.4 Å². The van der Waals surface area contributed by atoms with Crippen molar-refractivity contribution < 1.29 is 4.79 Å². The van der Waals surface area contributed by atoms with Gasteiger partial charge in [0.05, 0.1) is 6.54 Å². The molecule has 0 aromatic rings. The first-order chi connectivity index (χ1) is 4.89. The van der Waals surface area contributed by atoms with Crippen LogP contribution in [0.2, 0.25) is 0 Å². The summed E-state index contributed by atoms with van der Waals surface area (Å²) in [4.78, 5) is 12.7. The van der Waals surface area contributed by atoms with Gasteiger partial charge < -0.3 is 4.90 Å². The topological polar surface area (TPSA) is 20.3 Å². The normalized spacial score (nSPS) is 10.5. The molecule has 62 valence electrons. The van der Waals surface area contributed by atoms with Crippen LogP contribution in [0.25, 0.3) is 0 Å². The predicted octanol–water partition coefficient (Wildman–Crippen LogP) is 1.27. The molecule has 0 unspecified atom stereocenters. The summed E-state index contributed by atoms with van der Waals surface area (Å²) in [7, 11) is 0. The third kappa shape index (κ3) is 3.08. The molecule has 0 bridgehead atoms. The minimum absolute atomic E-state index is 0.0236. The second-order valence-electron chi connectivity index (χ2n) is 3.48. The fourth-order valence-electron chi connectivity index (χ4n) is 0.912. The van der Waals surface area contributed by atoms with Crippen LogP contribution in [0, 0.1) is 12.3 Å². The molecule has 0 aromatic carbocycles. The molecule has 2 nitrogen and oxygen atoms in total. The standard InChI is InChI=1S/C9H15NO/c1-6-7-10(8(2)11)9(3,4)5/h1H,7H2,2-5H3. The van der Waals surface area contributed by atoms with Gasteiger partial charge in [-0.05, 0) is 20.8 Å². The van der Waals surface area contributed by atoms with E-state index in [0.29, 0.717) is 6.54 Å². The molecule has 0 aromatic heterocycles. The highest BCUT2D eigenvalue weighted by molar-refractivity contribution is 5.74. The zero-order valence-corrected chi connectivity index (χ0v) is 7.64. The van der Waals surface area contributed by atoms with Crippen LogP contribution in [-0.2, 0) is 4.79 Å². The van der Waals surface area contributed by atoms with Crippen molar-refractivity contribution in [2.24, 2.45) is 0 Å². The Bertz CT molecular complexity index is 183. The molecular weight excluding hydrogens is 138 g/mol. The van der Waals surface area contributed by atoms with E-state index in [1.54, 1.807) is 4.90 Å². The molecule has 1 amide bonds. The van der Waals surface area contributed by atoms with Crippen molar-refractivity contribution >= 4 is 5.91 Å². The highest BCUT2D eigenvalue weighted by Gasteiger charge is 2.22. The average Bonchev–Trinajstić information content (AvgIpc) is 1.79. The summed E-state index contributed by atoms with van der Waals surface area (Å²) in [6, 6.07) is 0. The van der Waals surface area contributed by atoms with Crippen LogP contribution < -0.4 is 0 Å². The van der Waals surface area contributed by atoms with Gasteiger partial charge in [-0.3, -0.25) is 4.79 Å². The highest BCUT2D eigenvalue weighted by atomic mass is 16.2. The number of carbonyl (C=O) groups excluding carboxylic acids is 1. The van der Waals surface area contributed by atoms with Crippen LogP contribution in [-0.4, -0.2) is 22.9 Å². The van der Waals surface area contributed by atoms with Gasteiger partial charge in [0, 0.05) is 12.5 Å². The van der Waals surface area contributed by atoms with Crippen LogP contribution in [0.15, 0.2) is 0 Å². The number of hydrogen-bond donors (Lipinski definition) is 0. The Kier molecular flexibility index (Phi) is 3.13. The van der Waals surface area contributed by atoms with Gasteiger partial charge >= 0.3 is 0 Å². The molecular formula is C9H15NO. The van der Waals surface area contributed by atoms with Crippen molar-refractivity contribution in [2.75, 3.05) is 6.54 Å². The molecule has 0 spiro atoms. The Morgan fingerprint density at radius 3 is 2.09 bits per heavy atom. The Labute approximate surface area is 68.6 Å². The van der Waals surface area contributed by atoms with Crippen molar-refractivity contribution in [3.05, 3.63) is 0 Å². The monoisotopic (exact) mass is 153 g/mol. The van der Waals surface area contributed by atoms with E-state index in [1.807, 2.05) is 20.8 Å². The van der Waals surface area contributed by atoms with Gasteiger partial charge in [-0.15, -0.1) is 6.42 Å². The summed E-state index contributed by atoms with van der Waals surface area (Å²) in [5.74, 6) is 2.48. The number of terminal acetylenes is 1. The number of hydrogen-bond acceptors (Lipinski definition) is 1. The van der Waals surface area contributed by atoms with Gasteiger partial charge in [-0.2, -0.15) is 0 Å². The SMILES string of the molecule is C#CCN(C(C)=O)C(C)(C)C. The first-order valence-corrected chi connectivity index (χ1v) is 3.61. The zero-order chi connectivity index (χ0) is 9.07. The lowest BCUT2D eigenvalue weighted by atomic mass is 10.1. The third-order valence-corrected chi connectivity index (χ3v) is 1.44. The minimum Gasteiger partial charge on any atom is -0.327 e. The fourth-order valence-corrected chi connectivity index (χ4v) is 0.912. The van der Waals surface area contributed by atoms with Crippen molar-refractivity contribution in [1.29, 1.82) is 0 Å². The zero-order valence-electron chi connectivity index (χ0n) is 7.64. The molecule has 2 heteroatoms. The van der Waals surface area contributed by atoms with Gasteiger partial charge in [0.15, 0.2) is 0 Å². The van der Waals surface area contributed by atoms with E-state index in [2.05, 4.69) is 5.92 Å². The second-order valence-corrected chi connectivity index (χ2v) is 3.48. The first kappa shape index (κ1) is 10.0. The minimum atomic E-state index is -0.168. The molecule has 0 aliphatic rings. The van der Waals surface area contributed by atoms with Crippen LogP contribution in [0.1, 0.15) is 27.7 Å². The van der Waals surface area contributed by atoms with Crippen molar-refractivity contribution in [2.45, 2.75) is 33.2 Å². The Morgan fingerprint density at radius 2 is 2.00 bits per heavy atom. The summed E-state index contributed by atoms with van der Waals surface area (Å²) in [5, 5.41) is 0. The largest absolute Gasteiger partial charge is 0.327 e. The first-order valence-electron chi connectivity index (χ1n) is 3.61. The number of amides is 1. The maximum atomic E-state index is 11.0. The van der Waals surface area contributed by atoms with Crippen LogP contribution >= 0.6 is 0 Å². The quantitative estimate of drug-likeness (QED) is 0.519. The lowest BCUT2D eigenvalue weighted by molar-refractivity contribution is -0.132. The highest BCUT2D eigenvalue weighted by Crippen LogP contribution is 2.11. The maximum Gasteiger partial charge on any atom is 0.220 e. The Hall–Kier alpha value is -0.970. The van der Waals surface area contributed by atoms with E-state index in [1.165, 1.54) is 6.92 Å². The van der Waals surface area contributed by atoms with E-state index < -0.39 is 0 Å². The van der Waals surface area contributed by atoms with Crippen LogP contribution in [0.5, 0.6) is 0 Å². The third-order valence-electron chi connectivity index (χ3n) is 1.44. The smallest absolute Gasteiger partial charge is 0.220 e. The predicted molar refractivity (Wildman–Crippen MR) is 46.0 cm³/mol. The lowest BCUT2D eigenvalue weighted by Crippen LogP contribution is -2.44. The second kappa shape index (κ2) is 3.43. The number of nitrogens with zero attached hydrogens (tertiary/aromatic N) is 1. The molecule has 0 fully saturated rings. The Balaban J connectivity index is 4.38. The molecule has 0 heterocycles. The molecule has 0 radical (unpaired) electrons. The van der Waals surface area contributed by atoms with Crippen molar-refractivity contribution in [3.63, 3.8) is 0 Å². The van der Waals surface area contributed by atoms with Gasteiger partial charge in [0.25, 0.3) is 0 Å². The number of rotatable bonds is 1. The van der Waals surface area contributed by atoms with Crippen LogP contribution in [0.3, 0.4) is 0 Å². The lowest BCUT2D eigenvalue weighted by Gasteiger charge is -2.33. The fraction of sp³-hybridized carbons (Fsp3) is 0.667. The van der Waals surface area contributed by atoms with E-state index in [0.717, 1.165) is 0 Å². The van der Waals surface area contributed by atoms with E-state index in [4.69, 9.17) is 6.42 Å². The van der Waals surface area contributed by atoms with E-state index >= 15 is 0 Å². The summed E-state index contributed by atoms with van der Waals surface area (Å²) in [6.45, 7) is 7.81. The summed E-state index contributed by atoms with van der Waals surface area (Å²) >= 11 is 0. The summed E-state index contributed by atoms with van der Waals surface area (Å²) in [5.41, 5.74) is -0.168. The van der Waals surface area contributed by atoms with Gasteiger partial charge in [0.2, 0.25) is 5.91 Å². The molecule has 0 aliphatic carbocycles. The average molecular weight is 153 g/mol. The van der Waals surface area contributed by atoms with Crippen molar-refractivity contribution in [3.8, 4) is 12.3 Å². The molecule has 0 saturated carbocycles. The van der Waals surface area contributed by atoms with Crippen LogP contribution in [0.4, 0.5) is 0 Å². The molecule has 11 heavy (non-hydrogen) atoms. The molecule has 0 N–H and O–H groups in total. The molecule has 0 saturated heterocycles. The summed E-state index contributed by atoms with van der Waals surface area (Å²) < 4.78 is 0. The number of carbonyl (C=O) groups is 1. The molecule has 0 atom stereocenters. The molecule has 0 rings (SSSR count). The Morgan fingerprint density at radius 1 is 1.55 bits per heavy atom.